The van der Waals surface area contributed by atoms with E-state index in [1.807, 2.05) is 0 Å². The number of halogens is 4. The van der Waals surface area contributed by atoms with Gasteiger partial charge in [0.2, 0.25) is 0 Å². The molecule has 0 saturated heterocycles. The summed E-state index contributed by atoms with van der Waals surface area (Å²) in [6.07, 6.45) is -2.34. The van der Waals surface area contributed by atoms with Crippen molar-refractivity contribution in [1.29, 1.82) is 0 Å². The molecule has 0 aliphatic heterocycles. The Labute approximate surface area is 89.4 Å². The van der Waals surface area contributed by atoms with Gasteiger partial charge in [-0.05, 0) is 0 Å². The SMILES string of the molecule is FC(F)c1ccccc1.O=S(=O)(Cl)Cl. The first-order chi connectivity index (χ1) is 6.30. The third-order valence-electron chi connectivity index (χ3n) is 1.05. The van der Waals surface area contributed by atoms with Crippen LogP contribution >= 0.6 is 21.4 Å². The molecule has 0 atom stereocenters. The van der Waals surface area contributed by atoms with Crippen molar-refractivity contribution in [3.63, 3.8) is 0 Å². The highest BCUT2D eigenvalue weighted by molar-refractivity contribution is 8.31. The minimum atomic E-state index is -3.72. The summed E-state index contributed by atoms with van der Waals surface area (Å²) < 4.78 is 41.9. The van der Waals surface area contributed by atoms with E-state index in [0.29, 0.717) is 0 Å². The van der Waals surface area contributed by atoms with E-state index in [9.17, 15) is 8.78 Å². The molecular weight excluding hydrogens is 257 g/mol. The predicted molar refractivity (Wildman–Crippen MR) is 52.0 cm³/mol. The van der Waals surface area contributed by atoms with Gasteiger partial charge in [0.1, 0.15) is 0 Å². The molecule has 0 spiro atoms. The average molecular weight is 263 g/mol. The van der Waals surface area contributed by atoms with Crippen LogP contribution < -0.4 is 0 Å². The van der Waals surface area contributed by atoms with E-state index in [1.54, 1.807) is 18.2 Å². The van der Waals surface area contributed by atoms with Gasteiger partial charge in [0.25, 0.3) is 6.43 Å². The van der Waals surface area contributed by atoms with Crippen molar-refractivity contribution < 1.29 is 17.2 Å². The van der Waals surface area contributed by atoms with Crippen LogP contribution in [-0.2, 0) is 8.26 Å². The van der Waals surface area contributed by atoms with E-state index in [-0.39, 0.29) is 5.56 Å². The molecule has 0 radical (unpaired) electrons. The molecule has 0 N–H and O–H groups in total. The van der Waals surface area contributed by atoms with E-state index in [2.05, 4.69) is 21.4 Å². The number of rotatable bonds is 1. The Kier molecular flexibility index (Phi) is 5.99. The van der Waals surface area contributed by atoms with Crippen molar-refractivity contribution in [3.8, 4) is 0 Å². The molecule has 0 fully saturated rings. The second-order valence-electron chi connectivity index (χ2n) is 2.09. The first kappa shape index (κ1) is 13.6. The molecule has 1 aromatic rings. The van der Waals surface area contributed by atoms with Crippen LogP contribution in [0.5, 0.6) is 0 Å². The van der Waals surface area contributed by atoms with Gasteiger partial charge in [-0.3, -0.25) is 0 Å². The Morgan fingerprint density at radius 2 is 1.43 bits per heavy atom. The Hall–Kier alpha value is -0.390. The Morgan fingerprint density at radius 3 is 1.64 bits per heavy atom. The van der Waals surface area contributed by atoms with Gasteiger partial charge in [0.15, 0.2) is 0 Å². The average Bonchev–Trinajstić information content (AvgIpc) is 2.03. The fourth-order valence-electron chi connectivity index (χ4n) is 0.599. The highest BCUT2D eigenvalue weighted by Crippen LogP contribution is 2.16. The maximum atomic E-state index is 11.8. The molecule has 0 aromatic heterocycles. The molecule has 0 aliphatic rings. The van der Waals surface area contributed by atoms with Gasteiger partial charge in [0.05, 0.1) is 0 Å². The van der Waals surface area contributed by atoms with Crippen LogP contribution in [-0.4, -0.2) is 8.42 Å². The molecule has 0 bridgehead atoms. The molecular formula is C7H6Cl2F2O2S. The molecule has 80 valence electrons. The third kappa shape index (κ3) is 9.70. The standard InChI is InChI=1S/C7H6F2.Cl2O2S/c8-7(9)6-4-2-1-3-5-6;1-5(2,3)4/h1-5,7H;. The molecule has 0 unspecified atom stereocenters. The molecule has 0 aliphatic carbocycles. The fraction of sp³-hybridized carbons (Fsp3) is 0.143. The van der Waals surface area contributed by atoms with Crippen LogP contribution in [0.2, 0.25) is 0 Å². The van der Waals surface area contributed by atoms with Crippen molar-refractivity contribution in [3.05, 3.63) is 35.9 Å². The van der Waals surface area contributed by atoms with Crippen molar-refractivity contribution in [1.82, 2.24) is 0 Å². The smallest absolute Gasteiger partial charge is 0.205 e. The first-order valence-electron chi connectivity index (χ1n) is 3.28. The highest BCUT2D eigenvalue weighted by atomic mass is 36.0. The second kappa shape index (κ2) is 6.16. The lowest BCUT2D eigenvalue weighted by atomic mass is 10.2. The summed E-state index contributed by atoms with van der Waals surface area (Å²) in [5.41, 5.74) is 0.0810. The van der Waals surface area contributed by atoms with E-state index < -0.39 is 14.7 Å². The molecule has 0 amide bonds. The lowest BCUT2D eigenvalue weighted by Gasteiger charge is -1.94. The number of benzene rings is 1. The maximum Gasteiger partial charge on any atom is 0.317 e. The van der Waals surface area contributed by atoms with Crippen LogP contribution in [0, 0.1) is 0 Å². The third-order valence-corrected chi connectivity index (χ3v) is 1.05. The zero-order valence-corrected chi connectivity index (χ0v) is 9.03. The van der Waals surface area contributed by atoms with Crippen molar-refractivity contribution in [2.45, 2.75) is 6.43 Å². The molecule has 0 saturated carbocycles. The summed E-state index contributed by atoms with van der Waals surface area (Å²) in [5.74, 6) is 0. The zero-order chi connectivity index (χ0) is 11.2. The second-order valence-corrected chi connectivity index (χ2v) is 5.76. The van der Waals surface area contributed by atoms with Gasteiger partial charge in [-0.15, -0.1) is 0 Å². The van der Waals surface area contributed by atoms with Gasteiger partial charge >= 0.3 is 8.26 Å². The van der Waals surface area contributed by atoms with Gasteiger partial charge in [-0.2, -0.15) is 8.42 Å². The lowest BCUT2D eigenvalue weighted by molar-refractivity contribution is 0.151. The number of alkyl halides is 2. The van der Waals surface area contributed by atoms with Crippen molar-refractivity contribution in [2.24, 2.45) is 0 Å². The van der Waals surface area contributed by atoms with Gasteiger partial charge in [-0.1, -0.05) is 30.3 Å². The van der Waals surface area contributed by atoms with Gasteiger partial charge < -0.3 is 0 Å². The predicted octanol–water partition coefficient (Wildman–Crippen LogP) is 3.33. The Morgan fingerprint density at radius 1 is 1.07 bits per heavy atom. The quantitative estimate of drug-likeness (QED) is 0.728. The van der Waals surface area contributed by atoms with Crippen LogP contribution in [0.1, 0.15) is 12.0 Å². The summed E-state index contributed by atoms with van der Waals surface area (Å²) in [5, 5.41) is 0. The molecule has 7 heteroatoms. The normalized spacial score (nSPS) is 10.6. The summed E-state index contributed by atoms with van der Waals surface area (Å²) in [7, 11) is 4.81. The molecule has 14 heavy (non-hydrogen) atoms. The molecule has 1 aromatic carbocycles. The minimum absolute atomic E-state index is 0.0810. The van der Waals surface area contributed by atoms with Gasteiger partial charge in [0, 0.05) is 26.9 Å². The van der Waals surface area contributed by atoms with Crippen molar-refractivity contribution in [2.75, 3.05) is 0 Å². The zero-order valence-electron chi connectivity index (χ0n) is 6.70. The van der Waals surface area contributed by atoms with Crippen LogP contribution in [0.15, 0.2) is 30.3 Å². The summed E-state index contributed by atoms with van der Waals surface area (Å²) >= 11 is 0. The van der Waals surface area contributed by atoms with Crippen LogP contribution in [0.25, 0.3) is 0 Å². The van der Waals surface area contributed by atoms with Crippen molar-refractivity contribution >= 4 is 29.6 Å². The molecule has 1 rings (SSSR count). The Bertz CT molecular complexity index is 345. The Balaban J connectivity index is 0.000000292. The monoisotopic (exact) mass is 262 g/mol. The first-order valence-corrected chi connectivity index (χ1v) is 6.41. The summed E-state index contributed by atoms with van der Waals surface area (Å²) in [6, 6.07) is 7.73. The highest BCUT2D eigenvalue weighted by Gasteiger charge is 2.02. The number of hydrogen-bond acceptors (Lipinski definition) is 2. The lowest BCUT2D eigenvalue weighted by Crippen LogP contribution is -1.79. The number of hydrogen-bond donors (Lipinski definition) is 0. The maximum absolute atomic E-state index is 11.8. The largest absolute Gasteiger partial charge is 0.317 e. The summed E-state index contributed by atoms with van der Waals surface area (Å²) in [6.45, 7) is 0. The van der Waals surface area contributed by atoms with E-state index >= 15 is 0 Å². The molecule has 2 nitrogen and oxygen atoms in total. The summed E-state index contributed by atoms with van der Waals surface area (Å²) in [4.78, 5) is 0. The van der Waals surface area contributed by atoms with E-state index in [1.165, 1.54) is 12.1 Å². The van der Waals surface area contributed by atoms with Crippen LogP contribution in [0.4, 0.5) is 8.78 Å². The fourth-order valence-corrected chi connectivity index (χ4v) is 0.599. The van der Waals surface area contributed by atoms with Crippen LogP contribution in [0.3, 0.4) is 0 Å². The molecule has 0 heterocycles. The minimum Gasteiger partial charge on any atom is -0.205 e. The topological polar surface area (TPSA) is 34.1 Å². The van der Waals surface area contributed by atoms with E-state index in [0.717, 1.165) is 0 Å². The van der Waals surface area contributed by atoms with E-state index in [4.69, 9.17) is 8.42 Å². The van der Waals surface area contributed by atoms with Gasteiger partial charge in [-0.25, -0.2) is 8.78 Å².